The van der Waals surface area contributed by atoms with Crippen molar-refractivity contribution < 1.29 is 14.4 Å². The second-order valence-electron chi connectivity index (χ2n) is 12.8. The SMILES string of the molecule is C/C=C\C=C(C)C.C=O.CCCCCC(=O)C1=CCC=C(NC(=O)N(Cc2ccc(C)cc2)C2CCN(CCC(C)C)CC2)C=C1. The van der Waals surface area contributed by atoms with E-state index in [9.17, 15) is 9.59 Å². The highest BCUT2D eigenvalue weighted by molar-refractivity contribution is 5.98. The minimum atomic E-state index is -0.0603. The summed E-state index contributed by atoms with van der Waals surface area (Å²) in [5, 5.41) is 3.15. The van der Waals surface area contributed by atoms with Gasteiger partial charge in [0, 0.05) is 43.4 Å². The number of nitrogens with one attached hydrogen (secondary N) is 1. The summed E-state index contributed by atoms with van der Waals surface area (Å²) in [7, 11) is 0. The van der Waals surface area contributed by atoms with E-state index in [-0.39, 0.29) is 17.9 Å². The molecule has 3 rings (SSSR count). The van der Waals surface area contributed by atoms with E-state index in [1.807, 2.05) is 55.1 Å². The van der Waals surface area contributed by atoms with Crippen LogP contribution in [-0.2, 0) is 16.1 Å². The lowest BCUT2D eigenvalue weighted by Crippen LogP contribution is -2.50. The molecule has 0 saturated carbocycles. The highest BCUT2D eigenvalue weighted by atomic mass is 16.2. The fourth-order valence-electron chi connectivity index (χ4n) is 5.24. The lowest BCUT2D eigenvalue weighted by molar-refractivity contribution is -0.115. The van der Waals surface area contributed by atoms with E-state index in [0.29, 0.717) is 25.3 Å². The number of nitrogens with zero attached hydrogens (tertiary/aromatic N) is 2. The molecule has 0 bridgehead atoms. The predicted molar refractivity (Wildman–Crippen MR) is 195 cm³/mol. The molecule has 1 aromatic carbocycles. The number of rotatable bonds is 13. The molecule has 1 aromatic rings. The first kappa shape index (κ1) is 40.5. The number of hydrogen-bond donors (Lipinski definition) is 1. The van der Waals surface area contributed by atoms with Gasteiger partial charge < -0.3 is 19.9 Å². The zero-order valence-electron chi connectivity index (χ0n) is 29.8. The third-order valence-corrected chi connectivity index (χ3v) is 8.08. The van der Waals surface area contributed by atoms with Gasteiger partial charge in [0.25, 0.3) is 0 Å². The van der Waals surface area contributed by atoms with Crippen LogP contribution in [0.5, 0.6) is 0 Å². The Hall–Kier alpha value is -3.51. The van der Waals surface area contributed by atoms with E-state index in [1.165, 1.54) is 17.6 Å². The Morgan fingerprint density at radius 3 is 2.28 bits per heavy atom. The normalized spacial score (nSPS) is 15.0. The first-order chi connectivity index (χ1) is 22.1. The predicted octanol–water partition coefficient (Wildman–Crippen LogP) is 9.28. The van der Waals surface area contributed by atoms with Gasteiger partial charge in [-0.3, -0.25) is 4.79 Å². The quantitative estimate of drug-likeness (QED) is 0.174. The number of urea groups is 1. The molecule has 0 aromatic heterocycles. The number of benzene rings is 1. The van der Waals surface area contributed by atoms with E-state index < -0.39 is 0 Å². The van der Waals surface area contributed by atoms with Gasteiger partial charge in [0.15, 0.2) is 5.78 Å². The zero-order chi connectivity index (χ0) is 34.3. The van der Waals surface area contributed by atoms with Crippen molar-refractivity contribution in [2.24, 2.45) is 5.92 Å². The van der Waals surface area contributed by atoms with Crippen molar-refractivity contribution in [3.05, 3.63) is 94.8 Å². The van der Waals surface area contributed by atoms with Gasteiger partial charge >= 0.3 is 6.03 Å². The molecule has 254 valence electrons. The second kappa shape index (κ2) is 23.8. The Balaban J connectivity index is 0.00000104. The number of ketones is 1. The van der Waals surface area contributed by atoms with Crippen LogP contribution >= 0.6 is 0 Å². The van der Waals surface area contributed by atoms with Crippen molar-refractivity contribution in [1.29, 1.82) is 0 Å². The van der Waals surface area contributed by atoms with Gasteiger partial charge in [0.1, 0.15) is 6.79 Å². The Morgan fingerprint density at radius 2 is 1.72 bits per heavy atom. The first-order valence-electron chi connectivity index (χ1n) is 17.1. The van der Waals surface area contributed by atoms with Crippen molar-refractivity contribution in [3.8, 4) is 0 Å². The zero-order valence-corrected chi connectivity index (χ0v) is 29.8. The average molecular weight is 632 g/mol. The smallest absolute Gasteiger partial charge is 0.317 e. The molecule has 6 heteroatoms. The maximum absolute atomic E-state index is 13.6. The van der Waals surface area contributed by atoms with Gasteiger partial charge in [-0.2, -0.15) is 0 Å². The van der Waals surface area contributed by atoms with Crippen LogP contribution in [0.2, 0.25) is 0 Å². The van der Waals surface area contributed by atoms with Gasteiger partial charge in [-0.15, -0.1) is 0 Å². The van der Waals surface area contributed by atoms with E-state index in [4.69, 9.17) is 4.79 Å². The topological polar surface area (TPSA) is 69.7 Å². The maximum atomic E-state index is 13.6. The molecule has 2 amide bonds. The van der Waals surface area contributed by atoms with Crippen LogP contribution < -0.4 is 5.32 Å². The monoisotopic (exact) mass is 631 g/mol. The average Bonchev–Trinajstić information content (AvgIpc) is 3.29. The van der Waals surface area contributed by atoms with E-state index in [1.54, 1.807) is 0 Å². The Labute approximate surface area is 280 Å². The molecule has 6 nitrogen and oxygen atoms in total. The molecular weight excluding hydrogens is 570 g/mol. The van der Waals surface area contributed by atoms with E-state index >= 15 is 0 Å². The van der Waals surface area contributed by atoms with Gasteiger partial charge in [0.2, 0.25) is 0 Å². The summed E-state index contributed by atoms with van der Waals surface area (Å²) in [5.74, 6) is 0.903. The number of hydrogen-bond acceptors (Lipinski definition) is 4. The van der Waals surface area contributed by atoms with Crippen molar-refractivity contribution in [3.63, 3.8) is 0 Å². The third-order valence-electron chi connectivity index (χ3n) is 8.08. The molecule has 46 heavy (non-hydrogen) atoms. The largest absolute Gasteiger partial charge is 0.322 e. The van der Waals surface area contributed by atoms with Crippen LogP contribution in [0.15, 0.2) is 83.6 Å². The van der Waals surface area contributed by atoms with Crippen molar-refractivity contribution in [2.75, 3.05) is 19.6 Å². The highest BCUT2D eigenvalue weighted by Crippen LogP contribution is 2.21. The summed E-state index contributed by atoms with van der Waals surface area (Å²) < 4.78 is 0. The second-order valence-corrected chi connectivity index (χ2v) is 12.8. The fourth-order valence-corrected chi connectivity index (χ4v) is 5.24. The van der Waals surface area contributed by atoms with Crippen LogP contribution in [0.4, 0.5) is 4.79 Å². The van der Waals surface area contributed by atoms with E-state index in [2.05, 4.69) is 82.1 Å². The number of allylic oxidation sites excluding steroid dienone is 9. The number of aryl methyl sites for hydroxylation is 1. The number of carbonyl (C=O) groups excluding carboxylic acids is 3. The molecule has 1 N–H and O–H groups in total. The summed E-state index contributed by atoms with van der Waals surface area (Å²) >= 11 is 0. The molecule has 1 heterocycles. The van der Waals surface area contributed by atoms with Crippen molar-refractivity contribution in [1.82, 2.24) is 15.1 Å². The Morgan fingerprint density at radius 1 is 1.04 bits per heavy atom. The number of unbranched alkanes of at least 4 members (excludes halogenated alkanes) is 2. The van der Waals surface area contributed by atoms with Gasteiger partial charge in [-0.05, 0) is 90.0 Å². The van der Waals surface area contributed by atoms with Crippen LogP contribution in [0.25, 0.3) is 0 Å². The lowest BCUT2D eigenvalue weighted by atomic mass is 10.0. The van der Waals surface area contributed by atoms with Gasteiger partial charge in [0.05, 0.1) is 0 Å². The summed E-state index contributed by atoms with van der Waals surface area (Å²) in [4.78, 5) is 38.8. The minimum absolute atomic E-state index is 0.0603. The molecule has 0 atom stereocenters. The van der Waals surface area contributed by atoms with Crippen LogP contribution in [-0.4, -0.2) is 54.1 Å². The van der Waals surface area contributed by atoms with Crippen molar-refractivity contribution >= 4 is 18.6 Å². The summed E-state index contributed by atoms with van der Waals surface area (Å²) in [6.45, 7) is 20.8. The number of carbonyl (C=O) groups is 3. The molecule has 1 fully saturated rings. The molecule has 1 aliphatic heterocycles. The maximum Gasteiger partial charge on any atom is 0.322 e. The lowest BCUT2D eigenvalue weighted by Gasteiger charge is -2.39. The summed E-state index contributed by atoms with van der Waals surface area (Å²) in [6, 6.07) is 8.62. The van der Waals surface area contributed by atoms with E-state index in [0.717, 1.165) is 68.6 Å². The van der Waals surface area contributed by atoms with Crippen molar-refractivity contribution in [2.45, 2.75) is 112 Å². The molecule has 1 aliphatic carbocycles. The summed E-state index contributed by atoms with van der Waals surface area (Å²) in [5.41, 5.74) is 5.23. The highest BCUT2D eigenvalue weighted by Gasteiger charge is 2.28. The Bertz CT molecular complexity index is 1180. The number of amides is 2. The van der Waals surface area contributed by atoms with Gasteiger partial charge in [-0.1, -0.05) is 99.4 Å². The number of piperidine rings is 1. The third kappa shape index (κ3) is 16.7. The Kier molecular flexibility index (Phi) is 20.9. The molecule has 2 aliphatic rings. The van der Waals surface area contributed by atoms with Crippen LogP contribution in [0.1, 0.15) is 104 Å². The van der Waals surface area contributed by atoms with Crippen LogP contribution in [0, 0.1) is 12.8 Å². The number of likely N-dealkylation sites (tertiary alicyclic amines) is 1. The van der Waals surface area contributed by atoms with Gasteiger partial charge in [-0.25, -0.2) is 4.79 Å². The molecular formula is C40H61N3O3. The molecule has 0 unspecified atom stereocenters. The standard InChI is InChI=1S/C32H47N3O2.C7H12.CH2O/c1-5-6-7-11-31(36)28-9-8-10-29(17-16-28)33-32(37)35(24-27-14-12-26(4)13-15-27)30-19-22-34(23-20-30)21-18-25(2)3;1-4-5-6-7(2)3;1-2/h9-10,12-17,25,30H,5-8,11,18-24H2,1-4H3,(H,33,37);4-6H,1-3H3;1H2/b;5-4-;. The molecule has 0 radical (unpaired) electrons. The summed E-state index contributed by atoms with van der Waals surface area (Å²) in [6.07, 6.45) is 21.4. The molecule has 1 saturated heterocycles. The number of Topliss-reactive ketones (excluding diaryl/α,β-unsaturated/α-hetero) is 1. The molecule has 0 spiro atoms. The fraction of sp³-hybridized carbons (Fsp3) is 0.525. The van der Waals surface area contributed by atoms with Crippen LogP contribution in [0.3, 0.4) is 0 Å². The minimum Gasteiger partial charge on any atom is -0.317 e. The first-order valence-corrected chi connectivity index (χ1v) is 17.1.